The van der Waals surface area contributed by atoms with Gasteiger partial charge in [0.05, 0.1) is 27.5 Å². The van der Waals surface area contributed by atoms with Gasteiger partial charge in [-0.25, -0.2) is 5.43 Å². The zero-order valence-corrected chi connectivity index (χ0v) is 22.1. The maximum Gasteiger partial charge on any atom is 0.240 e. The third kappa shape index (κ3) is 13.5. The lowest BCUT2D eigenvalue weighted by atomic mass is 10.0. The number of benzene rings is 1. The maximum atomic E-state index is 12.0. The summed E-state index contributed by atoms with van der Waals surface area (Å²) in [6.45, 7) is 2.27. The molecule has 0 aliphatic rings. The average molecular weight is 477 g/mol. The predicted molar refractivity (Wildman–Crippen MR) is 141 cm³/mol. The van der Waals surface area contributed by atoms with Crippen molar-refractivity contribution in [2.75, 3.05) is 21.3 Å². The van der Waals surface area contributed by atoms with Crippen molar-refractivity contribution >= 4 is 12.1 Å². The quantitative estimate of drug-likeness (QED) is 0.114. The zero-order valence-electron chi connectivity index (χ0n) is 22.1. The van der Waals surface area contributed by atoms with E-state index in [1.54, 1.807) is 39.7 Å². The topological polar surface area (TPSA) is 69.2 Å². The molecule has 0 heterocycles. The number of hydrazone groups is 1. The molecule has 34 heavy (non-hydrogen) atoms. The number of unbranched alkanes of at least 4 members (excludes halogenated alkanes) is 14. The molecule has 0 fully saturated rings. The molecule has 0 aromatic heterocycles. The molecular weight excluding hydrogens is 428 g/mol. The second-order valence-electron chi connectivity index (χ2n) is 8.95. The molecule has 1 rings (SSSR count). The largest absolute Gasteiger partial charge is 0.493 e. The fourth-order valence-corrected chi connectivity index (χ4v) is 4.07. The van der Waals surface area contributed by atoms with Crippen molar-refractivity contribution in [2.45, 2.75) is 110 Å². The second kappa shape index (κ2) is 20.2. The van der Waals surface area contributed by atoms with Crippen LogP contribution in [0.3, 0.4) is 0 Å². The van der Waals surface area contributed by atoms with Gasteiger partial charge in [0, 0.05) is 12.0 Å². The monoisotopic (exact) mass is 476 g/mol. The number of carbonyl (C=O) groups is 1. The average Bonchev–Trinajstić information content (AvgIpc) is 2.85. The van der Waals surface area contributed by atoms with Gasteiger partial charge in [-0.3, -0.25) is 4.79 Å². The molecule has 1 aromatic carbocycles. The van der Waals surface area contributed by atoms with Crippen molar-refractivity contribution in [3.05, 3.63) is 17.7 Å². The van der Waals surface area contributed by atoms with Crippen LogP contribution in [-0.2, 0) is 4.79 Å². The van der Waals surface area contributed by atoms with Crippen LogP contribution in [0.2, 0.25) is 0 Å². The highest BCUT2D eigenvalue weighted by molar-refractivity contribution is 5.84. The van der Waals surface area contributed by atoms with Crippen LogP contribution in [0.15, 0.2) is 17.2 Å². The maximum absolute atomic E-state index is 12.0. The predicted octanol–water partition coefficient (Wildman–Crippen LogP) is 7.42. The summed E-state index contributed by atoms with van der Waals surface area (Å²) < 4.78 is 16.0. The minimum atomic E-state index is -0.0571. The van der Waals surface area contributed by atoms with E-state index in [2.05, 4.69) is 17.5 Å². The van der Waals surface area contributed by atoms with Crippen molar-refractivity contribution in [3.63, 3.8) is 0 Å². The summed E-state index contributed by atoms with van der Waals surface area (Å²) in [5.41, 5.74) is 3.35. The van der Waals surface area contributed by atoms with Gasteiger partial charge in [-0.15, -0.1) is 0 Å². The summed E-state index contributed by atoms with van der Waals surface area (Å²) in [6.07, 6.45) is 21.8. The summed E-state index contributed by atoms with van der Waals surface area (Å²) in [6, 6.07) is 3.57. The van der Waals surface area contributed by atoms with Gasteiger partial charge >= 0.3 is 0 Å². The first-order chi connectivity index (χ1) is 16.7. The Morgan fingerprint density at radius 2 is 1.18 bits per heavy atom. The van der Waals surface area contributed by atoms with Crippen LogP contribution in [0.5, 0.6) is 17.2 Å². The molecule has 0 unspecified atom stereocenters. The van der Waals surface area contributed by atoms with Crippen LogP contribution in [-0.4, -0.2) is 33.5 Å². The fraction of sp³-hybridized carbons (Fsp3) is 0.714. The fourth-order valence-electron chi connectivity index (χ4n) is 4.07. The highest BCUT2D eigenvalue weighted by atomic mass is 16.5. The van der Waals surface area contributed by atoms with Crippen molar-refractivity contribution in [1.29, 1.82) is 0 Å². The first-order valence-corrected chi connectivity index (χ1v) is 13.3. The normalized spacial score (nSPS) is 11.1. The molecule has 0 saturated carbocycles. The van der Waals surface area contributed by atoms with E-state index < -0.39 is 0 Å². The van der Waals surface area contributed by atoms with Crippen LogP contribution < -0.4 is 19.6 Å². The van der Waals surface area contributed by atoms with Gasteiger partial charge in [0.1, 0.15) is 0 Å². The number of hydrogen-bond donors (Lipinski definition) is 1. The molecular formula is C28H48N2O4. The van der Waals surface area contributed by atoms with Gasteiger partial charge in [-0.2, -0.15) is 5.10 Å². The minimum Gasteiger partial charge on any atom is -0.493 e. The summed E-state index contributed by atoms with van der Waals surface area (Å²) in [5, 5.41) is 4.06. The lowest BCUT2D eigenvalue weighted by Gasteiger charge is -2.12. The van der Waals surface area contributed by atoms with Gasteiger partial charge in [-0.05, 0) is 18.6 Å². The van der Waals surface area contributed by atoms with E-state index in [4.69, 9.17) is 14.2 Å². The summed E-state index contributed by atoms with van der Waals surface area (Å²) in [5.74, 6) is 1.57. The third-order valence-electron chi connectivity index (χ3n) is 6.10. The third-order valence-corrected chi connectivity index (χ3v) is 6.10. The Morgan fingerprint density at radius 1 is 0.735 bits per heavy atom. The van der Waals surface area contributed by atoms with Gasteiger partial charge in [0.15, 0.2) is 11.5 Å². The van der Waals surface area contributed by atoms with Crippen LogP contribution in [0.25, 0.3) is 0 Å². The molecule has 0 atom stereocenters. The number of nitrogens with one attached hydrogen (secondary N) is 1. The highest BCUT2D eigenvalue weighted by Crippen LogP contribution is 2.37. The Kier molecular flexibility index (Phi) is 17.7. The molecule has 1 aromatic rings. The van der Waals surface area contributed by atoms with Crippen LogP contribution in [0.4, 0.5) is 0 Å². The van der Waals surface area contributed by atoms with Crippen LogP contribution >= 0.6 is 0 Å². The molecule has 1 N–H and O–H groups in total. The van der Waals surface area contributed by atoms with E-state index in [1.807, 2.05) is 0 Å². The van der Waals surface area contributed by atoms with Gasteiger partial charge in [0.2, 0.25) is 11.7 Å². The number of carbonyl (C=O) groups excluding carboxylic acids is 1. The number of methoxy groups -OCH3 is 3. The molecule has 0 radical (unpaired) electrons. The molecule has 6 heteroatoms. The van der Waals surface area contributed by atoms with E-state index in [0.717, 1.165) is 18.4 Å². The molecule has 0 spiro atoms. The van der Waals surface area contributed by atoms with Crippen molar-refractivity contribution in [3.8, 4) is 17.2 Å². The number of amides is 1. The number of nitrogens with zero attached hydrogens (tertiary/aromatic N) is 1. The highest BCUT2D eigenvalue weighted by Gasteiger charge is 2.12. The van der Waals surface area contributed by atoms with Gasteiger partial charge < -0.3 is 14.2 Å². The Morgan fingerprint density at radius 3 is 1.59 bits per heavy atom. The van der Waals surface area contributed by atoms with Gasteiger partial charge in [-0.1, -0.05) is 96.8 Å². The number of hydrogen-bond acceptors (Lipinski definition) is 5. The summed E-state index contributed by atoms with van der Waals surface area (Å²) in [4.78, 5) is 12.0. The minimum absolute atomic E-state index is 0.0571. The first kappa shape index (κ1) is 29.8. The van der Waals surface area contributed by atoms with Crippen molar-refractivity contribution < 1.29 is 19.0 Å². The first-order valence-electron chi connectivity index (χ1n) is 13.3. The van der Waals surface area contributed by atoms with Gasteiger partial charge in [0.25, 0.3) is 0 Å². The van der Waals surface area contributed by atoms with E-state index in [0.29, 0.717) is 23.7 Å². The Balaban J connectivity index is 2.06. The number of rotatable bonds is 21. The van der Waals surface area contributed by atoms with E-state index in [-0.39, 0.29) is 5.91 Å². The lowest BCUT2D eigenvalue weighted by Crippen LogP contribution is -2.16. The van der Waals surface area contributed by atoms with E-state index in [1.165, 1.54) is 83.5 Å². The zero-order chi connectivity index (χ0) is 24.9. The Labute approximate surface area is 207 Å². The molecule has 6 nitrogen and oxygen atoms in total. The standard InChI is InChI=1S/C28H48N2O4/c1-5-6-7-8-9-10-11-12-13-14-15-16-17-18-19-20-27(31)30-29-23-24-21-25(32-2)28(34-4)26(22-24)33-3/h21-23H,5-20H2,1-4H3,(H,30,31). The summed E-state index contributed by atoms with van der Waals surface area (Å²) in [7, 11) is 4.70. The Bertz CT molecular complexity index is 666. The molecule has 0 aliphatic heterocycles. The number of ether oxygens (including phenoxy) is 3. The lowest BCUT2D eigenvalue weighted by molar-refractivity contribution is -0.121. The SMILES string of the molecule is CCCCCCCCCCCCCCCCCC(=O)NN=Cc1cc(OC)c(OC)c(OC)c1. The summed E-state index contributed by atoms with van der Waals surface area (Å²) >= 11 is 0. The molecule has 0 saturated heterocycles. The van der Waals surface area contributed by atoms with Crippen molar-refractivity contribution in [1.82, 2.24) is 5.43 Å². The second-order valence-corrected chi connectivity index (χ2v) is 8.95. The van der Waals surface area contributed by atoms with E-state index in [9.17, 15) is 4.79 Å². The molecule has 1 amide bonds. The van der Waals surface area contributed by atoms with E-state index >= 15 is 0 Å². The van der Waals surface area contributed by atoms with Crippen molar-refractivity contribution in [2.24, 2.45) is 5.10 Å². The molecule has 0 bridgehead atoms. The molecule has 0 aliphatic carbocycles. The Hall–Kier alpha value is -2.24. The van der Waals surface area contributed by atoms with Crippen LogP contribution in [0, 0.1) is 0 Å². The smallest absolute Gasteiger partial charge is 0.240 e. The van der Waals surface area contributed by atoms with Crippen LogP contribution in [0.1, 0.15) is 115 Å². The molecule has 194 valence electrons.